The quantitative estimate of drug-likeness (QED) is 0.774. The largest absolute Gasteiger partial charge is 0.393 e. The van der Waals surface area contributed by atoms with Gasteiger partial charge in [-0.15, -0.1) is 11.3 Å². The number of rotatable bonds is 5. The maximum Gasteiger partial charge on any atom is 0.0512 e. The molecule has 1 heterocycles. The molecule has 1 aliphatic rings. The highest BCUT2D eigenvalue weighted by molar-refractivity contribution is 7.10. The zero-order valence-corrected chi connectivity index (χ0v) is 10.7. The van der Waals surface area contributed by atoms with Gasteiger partial charge in [0.25, 0.3) is 0 Å². The number of aliphatic hydroxyl groups is 1. The maximum atomic E-state index is 9.19. The summed E-state index contributed by atoms with van der Waals surface area (Å²) in [7, 11) is 0. The van der Waals surface area contributed by atoms with Crippen LogP contribution in [-0.4, -0.2) is 17.8 Å². The lowest BCUT2D eigenvalue weighted by atomic mass is 9.94. The molecule has 0 radical (unpaired) electrons. The fourth-order valence-corrected chi connectivity index (χ4v) is 3.36. The van der Waals surface area contributed by atoms with Crippen molar-refractivity contribution in [2.75, 3.05) is 6.54 Å². The van der Waals surface area contributed by atoms with Crippen molar-refractivity contribution < 1.29 is 5.11 Å². The third-order valence-electron chi connectivity index (χ3n) is 3.24. The molecule has 0 amide bonds. The summed E-state index contributed by atoms with van der Waals surface area (Å²) in [4.78, 5) is 1.57. The van der Waals surface area contributed by atoms with E-state index in [2.05, 4.69) is 16.8 Å². The van der Waals surface area contributed by atoms with Crippen LogP contribution in [0.15, 0.2) is 11.4 Å². The molecule has 2 nitrogen and oxygen atoms in total. The van der Waals surface area contributed by atoms with Gasteiger partial charge in [-0.2, -0.15) is 0 Å². The van der Waals surface area contributed by atoms with Crippen LogP contribution >= 0.6 is 11.3 Å². The zero-order valence-electron chi connectivity index (χ0n) is 9.91. The summed E-state index contributed by atoms with van der Waals surface area (Å²) in [6.45, 7) is 2.88. The average molecular weight is 239 g/mol. The van der Waals surface area contributed by atoms with Gasteiger partial charge >= 0.3 is 0 Å². The second-order valence-corrected chi connectivity index (χ2v) is 5.69. The lowest BCUT2D eigenvalue weighted by molar-refractivity contribution is 0.180. The van der Waals surface area contributed by atoms with Gasteiger partial charge in [0.05, 0.1) is 6.10 Å². The van der Waals surface area contributed by atoms with Gasteiger partial charge < -0.3 is 10.4 Å². The Bertz CT molecular complexity index is 321. The van der Waals surface area contributed by atoms with Gasteiger partial charge in [0.2, 0.25) is 0 Å². The Hall–Kier alpha value is -0.380. The summed E-state index contributed by atoms with van der Waals surface area (Å²) in [5.74, 6) is 0. The van der Waals surface area contributed by atoms with Crippen molar-refractivity contribution in [3.05, 3.63) is 21.9 Å². The second kappa shape index (κ2) is 5.80. The van der Waals surface area contributed by atoms with Crippen molar-refractivity contribution >= 4 is 11.3 Å². The predicted octanol–water partition coefficient (Wildman–Crippen LogP) is 2.88. The van der Waals surface area contributed by atoms with E-state index >= 15 is 0 Å². The summed E-state index contributed by atoms with van der Waals surface area (Å²) < 4.78 is 0. The molecular formula is C13H21NOS. The van der Waals surface area contributed by atoms with Gasteiger partial charge in [0.1, 0.15) is 0 Å². The summed E-state index contributed by atoms with van der Waals surface area (Å²) >= 11 is 1.89. The second-order valence-electron chi connectivity index (χ2n) is 4.69. The van der Waals surface area contributed by atoms with Crippen LogP contribution in [0.3, 0.4) is 0 Å². The van der Waals surface area contributed by atoms with Crippen LogP contribution in [0.5, 0.6) is 0 Å². The monoisotopic (exact) mass is 239 g/mol. The Morgan fingerprint density at radius 2 is 2.50 bits per heavy atom. The molecule has 2 unspecified atom stereocenters. The molecule has 1 aliphatic carbocycles. The highest BCUT2D eigenvalue weighted by atomic mass is 32.1. The third kappa shape index (κ3) is 3.06. The number of hydrogen-bond acceptors (Lipinski definition) is 3. The maximum absolute atomic E-state index is 9.19. The van der Waals surface area contributed by atoms with E-state index in [0.717, 1.165) is 19.4 Å². The first-order valence-corrected chi connectivity index (χ1v) is 7.13. The van der Waals surface area contributed by atoms with E-state index in [0.29, 0.717) is 6.04 Å². The average Bonchev–Trinajstić information content (AvgIpc) is 2.72. The molecule has 2 atom stereocenters. The molecule has 0 saturated heterocycles. The molecular weight excluding hydrogens is 218 g/mol. The summed E-state index contributed by atoms with van der Waals surface area (Å²) in [6, 6.07) is 2.83. The van der Waals surface area contributed by atoms with E-state index in [1.54, 1.807) is 4.88 Å². The molecule has 0 fully saturated rings. The fourth-order valence-electron chi connectivity index (χ4n) is 2.37. The highest BCUT2D eigenvalue weighted by Gasteiger charge is 2.20. The lowest BCUT2D eigenvalue weighted by Crippen LogP contribution is -2.25. The number of aliphatic hydroxyl groups excluding tert-OH is 1. The van der Waals surface area contributed by atoms with E-state index in [9.17, 15) is 5.11 Å². The van der Waals surface area contributed by atoms with Crippen molar-refractivity contribution in [2.24, 2.45) is 0 Å². The fraction of sp³-hybridized carbons (Fsp3) is 0.692. The van der Waals surface area contributed by atoms with Crippen LogP contribution in [0.1, 0.15) is 49.1 Å². The first kappa shape index (κ1) is 12.1. The van der Waals surface area contributed by atoms with Gasteiger partial charge in [-0.1, -0.05) is 0 Å². The van der Waals surface area contributed by atoms with Crippen molar-refractivity contribution in [1.29, 1.82) is 0 Å². The summed E-state index contributed by atoms with van der Waals surface area (Å²) in [6.07, 6.45) is 5.63. The summed E-state index contributed by atoms with van der Waals surface area (Å²) in [5, 5.41) is 15.0. The molecule has 90 valence electrons. The Labute approximate surface area is 102 Å². The minimum atomic E-state index is -0.162. The number of hydrogen-bond donors (Lipinski definition) is 2. The third-order valence-corrected chi connectivity index (χ3v) is 4.24. The molecule has 0 aromatic carbocycles. The normalized spacial score (nSPS) is 21.8. The molecule has 0 saturated carbocycles. The number of fused-ring (bicyclic) bond motifs is 1. The number of nitrogens with one attached hydrogen (secondary N) is 1. The Kier molecular flexibility index (Phi) is 4.38. The Morgan fingerprint density at radius 3 is 3.31 bits per heavy atom. The smallest absolute Gasteiger partial charge is 0.0512 e. The zero-order chi connectivity index (χ0) is 11.4. The minimum Gasteiger partial charge on any atom is -0.393 e. The van der Waals surface area contributed by atoms with Crippen LogP contribution in [0.2, 0.25) is 0 Å². The first-order chi connectivity index (χ1) is 7.77. The van der Waals surface area contributed by atoms with Crippen molar-refractivity contribution in [3.8, 4) is 0 Å². The van der Waals surface area contributed by atoms with Gasteiger partial charge in [-0.05, 0) is 62.6 Å². The Balaban J connectivity index is 1.79. The van der Waals surface area contributed by atoms with Crippen molar-refractivity contribution in [1.82, 2.24) is 5.32 Å². The van der Waals surface area contributed by atoms with Gasteiger partial charge in [-0.25, -0.2) is 0 Å². The molecule has 16 heavy (non-hydrogen) atoms. The standard InChI is InChI=1S/C13H21NOS/c1-10(15)4-3-8-14-12-5-2-6-13-11(12)7-9-16-13/h7,9-10,12,14-15H,2-6,8H2,1H3. The number of aryl methyl sites for hydroxylation is 1. The Morgan fingerprint density at radius 1 is 1.62 bits per heavy atom. The molecule has 2 N–H and O–H groups in total. The number of thiophene rings is 1. The van der Waals surface area contributed by atoms with Crippen molar-refractivity contribution in [3.63, 3.8) is 0 Å². The topological polar surface area (TPSA) is 32.3 Å². The minimum absolute atomic E-state index is 0.162. The van der Waals surface area contributed by atoms with E-state index in [-0.39, 0.29) is 6.10 Å². The predicted molar refractivity (Wildman–Crippen MR) is 68.9 cm³/mol. The first-order valence-electron chi connectivity index (χ1n) is 6.25. The van der Waals surface area contributed by atoms with Crippen molar-refractivity contribution in [2.45, 2.75) is 51.2 Å². The summed E-state index contributed by atoms with van der Waals surface area (Å²) in [5.41, 5.74) is 1.52. The van der Waals surface area contributed by atoms with E-state index in [1.807, 2.05) is 18.3 Å². The molecule has 3 heteroatoms. The van der Waals surface area contributed by atoms with Crippen LogP contribution in [0.25, 0.3) is 0 Å². The molecule has 1 aromatic rings. The van der Waals surface area contributed by atoms with Gasteiger partial charge in [0.15, 0.2) is 0 Å². The van der Waals surface area contributed by atoms with Crippen LogP contribution < -0.4 is 5.32 Å². The molecule has 0 spiro atoms. The van der Waals surface area contributed by atoms with E-state index in [1.165, 1.54) is 24.8 Å². The van der Waals surface area contributed by atoms with Gasteiger partial charge in [-0.3, -0.25) is 0 Å². The molecule has 0 aliphatic heterocycles. The highest BCUT2D eigenvalue weighted by Crippen LogP contribution is 2.33. The van der Waals surface area contributed by atoms with Crippen LogP contribution in [-0.2, 0) is 6.42 Å². The SMILES string of the molecule is CC(O)CCCNC1CCCc2sccc21. The van der Waals surface area contributed by atoms with Crippen LogP contribution in [0, 0.1) is 0 Å². The molecule has 2 rings (SSSR count). The molecule has 0 bridgehead atoms. The molecule has 1 aromatic heterocycles. The lowest BCUT2D eigenvalue weighted by Gasteiger charge is -2.23. The van der Waals surface area contributed by atoms with Crippen LogP contribution in [0.4, 0.5) is 0 Å². The van der Waals surface area contributed by atoms with E-state index in [4.69, 9.17) is 0 Å². The van der Waals surface area contributed by atoms with E-state index < -0.39 is 0 Å². The van der Waals surface area contributed by atoms with Gasteiger partial charge in [0, 0.05) is 10.9 Å².